The van der Waals surface area contributed by atoms with Gasteiger partial charge in [-0.2, -0.15) is 0 Å². The molecule has 0 N–H and O–H groups in total. The van der Waals surface area contributed by atoms with Crippen LogP contribution in [0.25, 0.3) is 10.6 Å². The SMILES string of the molecule is c1ccc(-c2nccs2)c(OCCO[C@@H]2CCCCO2)c1. The lowest BCUT2D eigenvalue weighted by Gasteiger charge is -2.22. The molecule has 2 heterocycles. The van der Waals surface area contributed by atoms with Gasteiger partial charge in [0, 0.05) is 18.2 Å². The van der Waals surface area contributed by atoms with Crippen LogP contribution < -0.4 is 4.74 Å². The van der Waals surface area contributed by atoms with Gasteiger partial charge in [0.25, 0.3) is 0 Å². The zero-order chi connectivity index (χ0) is 14.3. The predicted molar refractivity (Wildman–Crippen MR) is 82.6 cm³/mol. The molecule has 1 aromatic carbocycles. The van der Waals surface area contributed by atoms with Crippen LogP contribution in [0.2, 0.25) is 0 Å². The van der Waals surface area contributed by atoms with Gasteiger partial charge in [-0.05, 0) is 31.4 Å². The Morgan fingerprint density at radius 1 is 1.24 bits per heavy atom. The summed E-state index contributed by atoms with van der Waals surface area (Å²) in [6.07, 6.45) is 5.04. The fourth-order valence-electron chi connectivity index (χ4n) is 2.30. The molecule has 1 atom stereocenters. The van der Waals surface area contributed by atoms with E-state index in [-0.39, 0.29) is 6.29 Å². The summed E-state index contributed by atoms with van der Waals surface area (Å²) in [6.45, 7) is 1.86. The van der Waals surface area contributed by atoms with Gasteiger partial charge in [0.05, 0.1) is 12.2 Å². The standard InChI is InChI=1S/C16H19NO3S/c1-2-6-14(13(5-1)16-17-8-12-21-16)18-10-11-20-15-7-3-4-9-19-15/h1-2,5-6,8,12,15H,3-4,7,9-11H2/t15-/m1/s1. The van der Waals surface area contributed by atoms with E-state index in [1.165, 1.54) is 6.42 Å². The van der Waals surface area contributed by atoms with Crippen LogP contribution in [-0.4, -0.2) is 31.1 Å². The predicted octanol–water partition coefficient (Wildman–Crippen LogP) is 3.73. The van der Waals surface area contributed by atoms with Crippen molar-refractivity contribution >= 4 is 11.3 Å². The van der Waals surface area contributed by atoms with E-state index in [1.807, 2.05) is 29.6 Å². The highest BCUT2D eigenvalue weighted by atomic mass is 32.1. The van der Waals surface area contributed by atoms with Crippen molar-refractivity contribution in [3.05, 3.63) is 35.8 Å². The Labute approximate surface area is 128 Å². The van der Waals surface area contributed by atoms with Crippen molar-refractivity contribution in [1.82, 2.24) is 4.98 Å². The zero-order valence-electron chi connectivity index (χ0n) is 11.9. The zero-order valence-corrected chi connectivity index (χ0v) is 12.7. The van der Waals surface area contributed by atoms with E-state index in [9.17, 15) is 0 Å². The van der Waals surface area contributed by atoms with Crippen LogP contribution in [0.5, 0.6) is 5.75 Å². The number of para-hydroxylation sites is 1. The Balaban J connectivity index is 1.51. The van der Waals surface area contributed by atoms with Crippen LogP contribution in [0, 0.1) is 0 Å². The molecule has 1 fully saturated rings. The van der Waals surface area contributed by atoms with Gasteiger partial charge < -0.3 is 14.2 Å². The van der Waals surface area contributed by atoms with Gasteiger partial charge >= 0.3 is 0 Å². The van der Waals surface area contributed by atoms with Crippen LogP contribution in [0.1, 0.15) is 19.3 Å². The summed E-state index contributed by atoms with van der Waals surface area (Å²) in [7, 11) is 0. The van der Waals surface area contributed by atoms with Gasteiger partial charge in [-0.25, -0.2) is 4.98 Å². The molecule has 0 bridgehead atoms. The third kappa shape index (κ3) is 4.03. The van der Waals surface area contributed by atoms with E-state index in [4.69, 9.17) is 14.2 Å². The maximum Gasteiger partial charge on any atom is 0.157 e. The molecule has 2 aromatic rings. The molecule has 0 unspecified atom stereocenters. The number of benzene rings is 1. The lowest BCUT2D eigenvalue weighted by Crippen LogP contribution is -2.24. The highest BCUT2D eigenvalue weighted by Crippen LogP contribution is 2.31. The fourth-order valence-corrected chi connectivity index (χ4v) is 2.97. The largest absolute Gasteiger partial charge is 0.490 e. The molecule has 1 aromatic heterocycles. The summed E-state index contributed by atoms with van der Waals surface area (Å²) in [6, 6.07) is 7.96. The highest BCUT2D eigenvalue weighted by Gasteiger charge is 2.14. The average molecular weight is 305 g/mol. The van der Waals surface area contributed by atoms with Crippen molar-refractivity contribution in [3.63, 3.8) is 0 Å². The minimum Gasteiger partial charge on any atom is -0.490 e. The number of nitrogens with zero attached hydrogens (tertiary/aromatic N) is 1. The summed E-state index contributed by atoms with van der Waals surface area (Å²) in [5, 5.41) is 2.94. The molecule has 1 aliphatic rings. The van der Waals surface area contributed by atoms with E-state index in [0.29, 0.717) is 13.2 Å². The molecule has 0 spiro atoms. The molecule has 112 valence electrons. The minimum atomic E-state index is -0.0587. The second-order valence-electron chi connectivity index (χ2n) is 4.85. The molecule has 3 rings (SSSR count). The van der Waals surface area contributed by atoms with E-state index in [0.717, 1.165) is 35.8 Å². The van der Waals surface area contributed by atoms with E-state index < -0.39 is 0 Å². The number of hydrogen-bond donors (Lipinski definition) is 0. The first kappa shape index (κ1) is 14.5. The first-order valence-corrected chi connectivity index (χ1v) is 8.16. The number of aromatic nitrogens is 1. The Kier molecular flexibility index (Phi) is 5.21. The monoisotopic (exact) mass is 305 g/mol. The Hall–Kier alpha value is -1.43. The summed E-state index contributed by atoms with van der Waals surface area (Å²) in [5.74, 6) is 0.848. The van der Waals surface area contributed by atoms with Gasteiger partial charge in [0.1, 0.15) is 17.4 Å². The third-order valence-electron chi connectivity index (χ3n) is 3.33. The van der Waals surface area contributed by atoms with Crippen molar-refractivity contribution < 1.29 is 14.2 Å². The molecule has 1 aliphatic heterocycles. The fraction of sp³-hybridized carbons (Fsp3) is 0.438. The van der Waals surface area contributed by atoms with Crippen LogP contribution in [0.4, 0.5) is 0 Å². The molecule has 5 heteroatoms. The maximum atomic E-state index is 5.84. The summed E-state index contributed by atoms with van der Waals surface area (Å²) in [4.78, 5) is 4.34. The van der Waals surface area contributed by atoms with Crippen molar-refractivity contribution in [2.24, 2.45) is 0 Å². The second-order valence-corrected chi connectivity index (χ2v) is 5.74. The van der Waals surface area contributed by atoms with Crippen molar-refractivity contribution in [2.45, 2.75) is 25.6 Å². The number of thiazole rings is 1. The molecular weight excluding hydrogens is 286 g/mol. The molecule has 0 saturated carbocycles. The average Bonchev–Trinajstić information content (AvgIpc) is 3.07. The first-order valence-electron chi connectivity index (χ1n) is 7.28. The molecule has 4 nitrogen and oxygen atoms in total. The van der Waals surface area contributed by atoms with Gasteiger partial charge in [-0.15, -0.1) is 11.3 Å². The smallest absolute Gasteiger partial charge is 0.157 e. The van der Waals surface area contributed by atoms with Crippen LogP contribution in [0.15, 0.2) is 35.8 Å². The van der Waals surface area contributed by atoms with Crippen LogP contribution in [-0.2, 0) is 9.47 Å². The van der Waals surface area contributed by atoms with Crippen LogP contribution in [0.3, 0.4) is 0 Å². The Morgan fingerprint density at radius 3 is 3.00 bits per heavy atom. The lowest BCUT2D eigenvalue weighted by atomic mass is 10.2. The van der Waals surface area contributed by atoms with E-state index in [2.05, 4.69) is 4.98 Å². The van der Waals surface area contributed by atoms with Crippen molar-refractivity contribution in [1.29, 1.82) is 0 Å². The maximum absolute atomic E-state index is 5.84. The Morgan fingerprint density at radius 2 is 2.19 bits per heavy atom. The second kappa shape index (κ2) is 7.54. The third-order valence-corrected chi connectivity index (χ3v) is 4.14. The molecule has 0 radical (unpaired) electrons. The van der Waals surface area contributed by atoms with E-state index in [1.54, 1.807) is 17.5 Å². The molecule has 0 amide bonds. The lowest BCUT2D eigenvalue weighted by molar-refractivity contribution is -0.165. The molecule has 1 saturated heterocycles. The van der Waals surface area contributed by atoms with Crippen molar-refractivity contribution in [3.8, 4) is 16.3 Å². The van der Waals surface area contributed by atoms with Gasteiger partial charge in [-0.3, -0.25) is 0 Å². The summed E-state index contributed by atoms with van der Waals surface area (Å²) in [5.41, 5.74) is 1.03. The number of hydrogen-bond acceptors (Lipinski definition) is 5. The quantitative estimate of drug-likeness (QED) is 0.762. The molecular formula is C16H19NO3S. The highest BCUT2D eigenvalue weighted by molar-refractivity contribution is 7.13. The number of ether oxygens (including phenoxy) is 3. The van der Waals surface area contributed by atoms with Crippen LogP contribution >= 0.6 is 11.3 Å². The molecule has 0 aliphatic carbocycles. The van der Waals surface area contributed by atoms with Gasteiger partial charge in [0.15, 0.2) is 6.29 Å². The minimum absolute atomic E-state index is 0.0587. The number of rotatable bonds is 6. The van der Waals surface area contributed by atoms with E-state index >= 15 is 0 Å². The topological polar surface area (TPSA) is 40.6 Å². The van der Waals surface area contributed by atoms with Gasteiger partial charge in [-0.1, -0.05) is 12.1 Å². The summed E-state index contributed by atoms with van der Waals surface area (Å²) < 4.78 is 17.0. The van der Waals surface area contributed by atoms with Gasteiger partial charge in [0.2, 0.25) is 0 Å². The molecule has 21 heavy (non-hydrogen) atoms. The first-order chi connectivity index (χ1) is 10.4. The van der Waals surface area contributed by atoms with Crippen molar-refractivity contribution in [2.75, 3.05) is 19.8 Å². The Bertz CT molecular complexity index is 538. The summed E-state index contributed by atoms with van der Waals surface area (Å²) >= 11 is 1.61. The normalized spacial score (nSPS) is 18.6.